The molecular formula is C13H9ClFN3S. The SMILES string of the molecule is Nc1n[nH]c(-c2ccc(Cl)c(F)c2)c1-c1cccs1. The minimum Gasteiger partial charge on any atom is -0.382 e. The second kappa shape index (κ2) is 4.68. The molecule has 0 bridgehead atoms. The maximum absolute atomic E-state index is 13.6. The predicted molar refractivity (Wildman–Crippen MR) is 76.7 cm³/mol. The van der Waals surface area contributed by atoms with Crippen LogP contribution in [0.2, 0.25) is 5.02 Å². The van der Waals surface area contributed by atoms with Crippen LogP contribution in [0.3, 0.4) is 0 Å². The highest BCUT2D eigenvalue weighted by atomic mass is 35.5. The van der Waals surface area contributed by atoms with E-state index in [0.29, 0.717) is 17.1 Å². The monoisotopic (exact) mass is 293 g/mol. The third kappa shape index (κ3) is 2.11. The number of nitrogens with two attached hydrogens (primary N) is 1. The molecule has 0 spiro atoms. The van der Waals surface area contributed by atoms with Crippen molar-refractivity contribution >= 4 is 28.8 Å². The number of hydrogen-bond donors (Lipinski definition) is 2. The third-order valence-electron chi connectivity index (χ3n) is 2.77. The standard InChI is InChI=1S/C13H9ClFN3S/c14-8-4-3-7(6-9(8)15)12-11(13(16)18-17-12)10-2-1-5-19-10/h1-6H,(H3,16,17,18). The van der Waals surface area contributed by atoms with Crippen LogP contribution in [0.1, 0.15) is 0 Å². The minimum absolute atomic E-state index is 0.0916. The van der Waals surface area contributed by atoms with E-state index in [1.807, 2.05) is 17.5 Å². The average molecular weight is 294 g/mol. The first-order valence-electron chi connectivity index (χ1n) is 5.50. The van der Waals surface area contributed by atoms with Crippen LogP contribution in [-0.4, -0.2) is 10.2 Å². The molecule has 0 saturated carbocycles. The Morgan fingerprint density at radius 2 is 2.16 bits per heavy atom. The fourth-order valence-corrected chi connectivity index (χ4v) is 2.79. The van der Waals surface area contributed by atoms with Crippen molar-refractivity contribution in [3.63, 3.8) is 0 Å². The van der Waals surface area contributed by atoms with Crippen molar-refractivity contribution in [3.05, 3.63) is 46.6 Å². The summed E-state index contributed by atoms with van der Waals surface area (Å²) in [5.74, 6) is -0.0720. The molecule has 3 rings (SSSR count). The smallest absolute Gasteiger partial charge is 0.154 e. The Bertz CT molecular complexity index is 722. The fourth-order valence-electron chi connectivity index (χ4n) is 1.89. The van der Waals surface area contributed by atoms with Crippen LogP contribution in [0.25, 0.3) is 21.7 Å². The highest BCUT2D eigenvalue weighted by Gasteiger charge is 2.16. The first-order valence-corrected chi connectivity index (χ1v) is 6.75. The van der Waals surface area contributed by atoms with E-state index in [2.05, 4.69) is 10.2 Å². The van der Waals surface area contributed by atoms with Crippen molar-refractivity contribution < 1.29 is 4.39 Å². The maximum atomic E-state index is 13.6. The van der Waals surface area contributed by atoms with E-state index < -0.39 is 5.82 Å². The number of nitrogens with one attached hydrogen (secondary N) is 1. The van der Waals surface area contributed by atoms with Crippen molar-refractivity contribution in [2.75, 3.05) is 5.73 Å². The number of aromatic amines is 1. The third-order valence-corrected chi connectivity index (χ3v) is 3.96. The van der Waals surface area contributed by atoms with Gasteiger partial charge >= 0.3 is 0 Å². The number of rotatable bonds is 2. The van der Waals surface area contributed by atoms with E-state index in [9.17, 15) is 4.39 Å². The number of halogens is 2. The molecule has 0 unspecified atom stereocenters. The first-order chi connectivity index (χ1) is 9.16. The Morgan fingerprint density at radius 1 is 1.32 bits per heavy atom. The number of nitrogens with zero attached hydrogens (tertiary/aromatic N) is 1. The number of benzene rings is 1. The Hall–Kier alpha value is -1.85. The van der Waals surface area contributed by atoms with E-state index in [1.165, 1.54) is 12.1 Å². The summed E-state index contributed by atoms with van der Waals surface area (Å²) in [5, 5.41) is 8.90. The summed E-state index contributed by atoms with van der Waals surface area (Å²) >= 11 is 7.24. The van der Waals surface area contributed by atoms with Crippen LogP contribution in [0.4, 0.5) is 10.2 Å². The summed E-state index contributed by atoms with van der Waals surface area (Å²) < 4.78 is 13.6. The van der Waals surface area contributed by atoms with E-state index in [4.69, 9.17) is 17.3 Å². The fraction of sp³-hybridized carbons (Fsp3) is 0. The lowest BCUT2D eigenvalue weighted by atomic mass is 10.1. The largest absolute Gasteiger partial charge is 0.382 e. The molecule has 0 radical (unpaired) electrons. The van der Waals surface area contributed by atoms with Gasteiger partial charge in [0.2, 0.25) is 0 Å². The molecule has 96 valence electrons. The highest BCUT2D eigenvalue weighted by Crippen LogP contribution is 2.37. The van der Waals surface area contributed by atoms with Gasteiger partial charge in [-0.15, -0.1) is 11.3 Å². The lowest BCUT2D eigenvalue weighted by molar-refractivity contribution is 0.628. The van der Waals surface area contributed by atoms with Crippen molar-refractivity contribution in [2.45, 2.75) is 0 Å². The number of aromatic nitrogens is 2. The molecule has 0 amide bonds. The van der Waals surface area contributed by atoms with Gasteiger partial charge in [0.25, 0.3) is 0 Å². The highest BCUT2D eigenvalue weighted by molar-refractivity contribution is 7.13. The summed E-state index contributed by atoms with van der Waals surface area (Å²) in [7, 11) is 0. The molecule has 0 saturated heterocycles. The molecule has 2 heterocycles. The zero-order chi connectivity index (χ0) is 13.4. The lowest BCUT2D eigenvalue weighted by Crippen LogP contribution is -1.87. The second-order valence-corrected chi connectivity index (χ2v) is 5.32. The molecule has 0 aliphatic carbocycles. The van der Waals surface area contributed by atoms with Crippen molar-refractivity contribution in [1.82, 2.24) is 10.2 Å². The Morgan fingerprint density at radius 3 is 2.84 bits per heavy atom. The van der Waals surface area contributed by atoms with Gasteiger partial charge in [-0.3, -0.25) is 5.10 Å². The number of H-pyrrole nitrogens is 1. The maximum Gasteiger partial charge on any atom is 0.154 e. The average Bonchev–Trinajstić information content (AvgIpc) is 3.01. The minimum atomic E-state index is -0.468. The van der Waals surface area contributed by atoms with E-state index in [1.54, 1.807) is 17.4 Å². The van der Waals surface area contributed by atoms with E-state index in [0.717, 1.165) is 10.4 Å². The van der Waals surface area contributed by atoms with Crippen LogP contribution in [0.15, 0.2) is 35.7 Å². The second-order valence-electron chi connectivity index (χ2n) is 3.97. The Kier molecular flexibility index (Phi) is 3.00. The van der Waals surface area contributed by atoms with Gasteiger partial charge in [0.15, 0.2) is 5.82 Å². The summed E-state index contributed by atoms with van der Waals surface area (Å²) in [6.45, 7) is 0. The molecule has 3 nitrogen and oxygen atoms in total. The van der Waals surface area contributed by atoms with Crippen molar-refractivity contribution in [2.24, 2.45) is 0 Å². The summed E-state index contributed by atoms with van der Waals surface area (Å²) in [4.78, 5) is 0.983. The van der Waals surface area contributed by atoms with Gasteiger partial charge in [-0.1, -0.05) is 23.7 Å². The topological polar surface area (TPSA) is 54.7 Å². The lowest BCUT2D eigenvalue weighted by Gasteiger charge is -2.03. The number of anilines is 1. The molecule has 2 aromatic heterocycles. The van der Waals surface area contributed by atoms with Crippen LogP contribution < -0.4 is 5.73 Å². The molecule has 1 aromatic carbocycles. The normalized spacial score (nSPS) is 10.8. The molecule has 0 aliphatic rings. The van der Waals surface area contributed by atoms with Gasteiger partial charge in [0.1, 0.15) is 5.82 Å². The van der Waals surface area contributed by atoms with Crippen LogP contribution >= 0.6 is 22.9 Å². The number of thiophene rings is 1. The summed E-state index contributed by atoms with van der Waals surface area (Å²) in [6.07, 6.45) is 0. The number of hydrogen-bond acceptors (Lipinski definition) is 3. The van der Waals surface area contributed by atoms with Crippen LogP contribution in [-0.2, 0) is 0 Å². The van der Waals surface area contributed by atoms with Gasteiger partial charge < -0.3 is 5.73 Å². The van der Waals surface area contributed by atoms with Crippen LogP contribution in [0.5, 0.6) is 0 Å². The molecule has 6 heteroatoms. The Balaban J connectivity index is 2.18. The number of nitrogen functional groups attached to an aromatic ring is 1. The molecule has 0 fully saturated rings. The van der Waals surface area contributed by atoms with Crippen molar-refractivity contribution in [3.8, 4) is 21.7 Å². The molecular weight excluding hydrogens is 285 g/mol. The molecule has 3 aromatic rings. The van der Waals surface area contributed by atoms with Gasteiger partial charge in [0.05, 0.1) is 16.3 Å². The molecule has 19 heavy (non-hydrogen) atoms. The first kappa shape index (κ1) is 12.2. The van der Waals surface area contributed by atoms with Gasteiger partial charge in [-0.05, 0) is 23.6 Å². The predicted octanol–water partition coefficient (Wildman–Crippen LogP) is 4.18. The zero-order valence-corrected chi connectivity index (χ0v) is 11.2. The quantitative estimate of drug-likeness (QED) is 0.744. The van der Waals surface area contributed by atoms with Gasteiger partial charge in [-0.2, -0.15) is 5.10 Å². The summed E-state index contributed by atoms with van der Waals surface area (Å²) in [6, 6.07) is 8.49. The molecule has 3 N–H and O–H groups in total. The van der Waals surface area contributed by atoms with Crippen molar-refractivity contribution in [1.29, 1.82) is 0 Å². The van der Waals surface area contributed by atoms with E-state index in [-0.39, 0.29) is 5.02 Å². The molecule has 0 atom stereocenters. The summed E-state index contributed by atoms with van der Waals surface area (Å²) in [5.41, 5.74) is 8.02. The van der Waals surface area contributed by atoms with Crippen LogP contribution in [0, 0.1) is 5.82 Å². The Labute approximate surface area is 117 Å². The van der Waals surface area contributed by atoms with E-state index >= 15 is 0 Å². The molecule has 0 aliphatic heterocycles. The van der Waals surface area contributed by atoms with Gasteiger partial charge in [0, 0.05) is 10.4 Å². The zero-order valence-electron chi connectivity index (χ0n) is 9.65. The van der Waals surface area contributed by atoms with Gasteiger partial charge in [-0.25, -0.2) is 4.39 Å².